The van der Waals surface area contributed by atoms with E-state index in [0.717, 1.165) is 12.2 Å². The quantitative estimate of drug-likeness (QED) is 0.622. The monoisotopic (exact) mass is 156 g/mol. The molecule has 0 bridgehead atoms. The average molecular weight is 156 g/mol. The summed E-state index contributed by atoms with van der Waals surface area (Å²) in [4.78, 5) is 3.81. The number of aliphatic imine (C=N–C) groups is 1. The van der Waals surface area contributed by atoms with Gasteiger partial charge in [0.15, 0.2) is 0 Å². The van der Waals surface area contributed by atoms with Crippen LogP contribution < -0.4 is 5.32 Å². The van der Waals surface area contributed by atoms with E-state index in [1.54, 1.807) is 6.21 Å². The highest BCUT2D eigenvalue weighted by Crippen LogP contribution is 1.82. The Morgan fingerprint density at radius 3 is 2.18 bits per heavy atom. The summed E-state index contributed by atoms with van der Waals surface area (Å²) in [5, 5.41) is 3.02. The Hall–Kier alpha value is -0.630. The van der Waals surface area contributed by atoms with Gasteiger partial charge in [-0.05, 0) is 33.9 Å². The molecule has 2 nitrogen and oxygen atoms in total. The normalized spacial score (nSPS) is 9.09. The molecule has 0 heterocycles. The maximum atomic E-state index is 3.81. The van der Waals surface area contributed by atoms with Gasteiger partial charge in [-0.1, -0.05) is 13.5 Å². The van der Waals surface area contributed by atoms with Crippen molar-refractivity contribution < 1.29 is 0 Å². The highest BCUT2D eigenvalue weighted by atomic mass is 14.8. The van der Waals surface area contributed by atoms with Crippen LogP contribution in [0.1, 0.15) is 27.2 Å². The Labute approximate surface area is 70.4 Å². The third-order valence-corrected chi connectivity index (χ3v) is 0.849. The number of nitrogens with one attached hydrogen (secondary N) is 1. The molecule has 0 saturated carbocycles. The second-order valence-electron chi connectivity index (χ2n) is 2.23. The molecule has 0 unspecified atom stereocenters. The van der Waals surface area contributed by atoms with Crippen molar-refractivity contribution in [1.82, 2.24) is 5.32 Å². The molecule has 0 aromatic rings. The van der Waals surface area contributed by atoms with Crippen LogP contribution >= 0.6 is 0 Å². The summed E-state index contributed by atoms with van der Waals surface area (Å²) in [5.74, 6) is 0. The van der Waals surface area contributed by atoms with Gasteiger partial charge in [-0.15, -0.1) is 0 Å². The average Bonchev–Trinajstić information content (AvgIpc) is 1.90. The van der Waals surface area contributed by atoms with Crippen molar-refractivity contribution in [2.24, 2.45) is 4.99 Å². The summed E-state index contributed by atoms with van der Waals surface area (Å²) in [6.07, 6.45) is 2.96. The summed E-state index contributed by atoms with van der Waals surface area (Å²) >= 11 is 0. The second-order valence-corrected chi connectivity index (χ2v) is 2.23. The van der Waals surface area contributed by atoms with Gasteiger partial charge in [-0.3, -0.25) is 4.99 Å². The van der Waals surface area contributed by atoms with Crippen LogP contribution in [0.15, 0.2) is 17.3 Å². The lowest BCUT2D eigenvalue weighted by atomic mass is 10.5. The summed E-state index contributed by atoms with van der Waals surface area (Å²) in [5.41, 5.74) is 0.859. The zero-order valence-electron chi connectivity index (χ0n) is 8.15. The predicted octanol–water partition coefficient (Wildman–Crippen LogP) is 2.23. The van der Waals surface area contributed by atoms with Crippen molar-refractivity contribution >= 4 is 6.21 Å². The van der Waals surface area contributed by atoms with Gasteiger partial charge in [0, 0.05) is 11.9 Å². The lowest BCUT2D eigenvalue weighted by Crippen LogP contribution is -2.04. The molecule has 0 aromatic carbocycles. The van der Waals surface area contributed by atoms with Crippen LogP contribution in [0.3, 0.4) is 0 Å². The molecule has 0 rings (SSSR count). The lowest BCUT2D eigenvalue weighted by molar-refractivity contribution is 0.772. The van der Waals surface area contributed by atoms with Crippen LogP contribution in [-0.2, 0) is 0 Å². The fourth-order valence-electron chi connectivity index (χ4n) is 0.470. The smallest absolute Gasteiger partial charge is 0.0296 e. The van der Waals surface area contributed by atoms with Gasteiger partial charge in [0.25, 0.3) is 0 Å². The fourth-order valence-corrected chi connectivity index (χ4v) is 0.470. The van der Waals surface area contributed by atoms with Gasteiger partial charge >= 0.3 is 0 Å². The summed E-state index contributed by atoms with van der Waals surface area (Å²) in [6.45, 7) is 10.6. The first-order chi connectivity index (χ1) is 5.18. The molecular formula is C9H20N2. The van der Waals surface area contributed by atoms with Crippen molar-refractivity contribution in [3.05, 3.63) is 12.3 Å². The molecular weight excluding hydrogens is 136 g/mol. The number of hydrogen-bond donors (Lipinski definition) is 1. The molecule has 1 N–H and O–H groups in total. The van der Waals surface area contributed by atoms with Crippen molar-refractivity contribution in [3.63, 3.8) is 0 Å². The first-order valence-corrected chi connectivity index (χ1v) is 3.97. The molecule has 0 amide bonds. The summed E-state index contributed by atoms with van der Waals surface area (Å²) in [6, 6.07) is 0. The third kappa shape index (κ3) is 26.7. The number of allylic oxidation sites excluding steroid dienone is 1. The van der Waals surface area contributed by atoms with Crippen molar-refractivity contribution in [3.8, 4) is 0 Å². The number of nitrogens with zero attached hydrogens (tertiary/aromatic N) is 1. The van der Waals surface area contributed by atoms with E-state index in [1.165, 1.54) is 6.42 Å². The zero-order valence-corrected chi connectivity index (χ0v) is 8.15. The van der Waals surface area contributed by atoms with Crippen LogP contribution in [0.2, 0.25) is 0 Å². The molecule has 0 aliphatic carbocycles. The number of hydrogen-bond acceptors (Lipinski definition) is 2. The highest BCUT2D eigenvalue weighted by Gasteiger charge is 1.65. The Kier molecular flexibility index (Phi) is 14.3. The minimum atomic E-state index is 0.859. The Bertz CT molecular complexity index is 104. The summed E-state index contributed by atoms with van der Waals surface area (Å²) < 4.78 is 0. The molecule has 66 valence electrons. The predicted molar refractivity (Wildman–Crippen MR) is 53.2 cm³/mol. The van der Waals surface area contributed by atoms with E-state index in [9.17, 15) is 0 Å². The van der Waals surface area contributed by atoms with Crippen molar-refractivity contribution in [2.75, 3.05) is 13.6 Å². The molecule has 11 heavy (non-hydrogen) atoms. The van der Waals surface area contributed by atoms with Gasteiger partial charge in [0.05, 0.1) is 0 Å². The van der Waals surface area contributed by atoms with E-state index < -0.39 is 0 Å². The molecule has 0 saturated heterocycles. The second kappa shape index (κ2) is 12.1. The first-order valence-electron chi connectivity index (χ1n) is 3.97. The fraction of sp³-hybridized carbons (Fsp3) is 0.667. The van der Waals surface area contributed by atoms with E-state index in [4.69, 9.17) is 0 Å². The molecule has 0 aromatic heterocycles. The SMILES string of the molecule is C=C(C)N=CC.CCCNC. The van der Waals surface area contributed by atoms with Gasteiger partial charge in [0.2, 0.25) is 0 Å². The van der Waals surface area contributed by atoms with Gasteiger partial charge < -0.3 is 5.32 Å². The molecule has 0 aliphatic heterocycles. The van der Waals surface area contributed by atoms with Crippen LogP contribution in [0.4, 0.5) is 0 Å². The van der Waals surface area contributed by atoms with Crippen LogP contribution in [0, 0.1) is 0 Å². The van der Waals surface area contributed by atoms with E-state index in [1.807, 2.05) is 20.9 Å². The van der Waals surface area contributed by atoms with E-state index in [-0.39, 0.29) is 0 Å². The van der Waals surface area contributed by atoms with Gasteiger partial charge in [-0.2, -0.15) is 0 Å². The van der Waals surface area contributed by atoms with Crippen LogP contribution in [-0.4, -0.2) is 19.8 Å². The Balaban J connectivity index is 0. The maximum absolute atomic E-state index is 3.81. The minimum Gasteiger partial charge on any atom is -0.320 e. The lowest BCUT2D eigenvalue weighted by Gasteiger charge is -1.84. The minimum absolute atomic E-state index is 0.859. The Morgan fingerprint density at radius 1 is 1.64 bits per heavy atom. The largest absolute Gasteiger partial charge is 0.320 e. The van der Waals surface area contributed by atoms with Gasteiger partial charge in [-0.25, -0.2) is 0 Å². The molecule has 2 heteroatoms. The van der Waals surface area contributed by atoms with Crippen molar-refractivity contribution in [2.45, 2.75) is 27.2 Å². The molecule has 0 atom stereocenters. The van der Waals surface area contributed by atoms with Crippen LogP contribution in [0.25, 0.3) is 0 Å². The maximum Gasteiger partial charge on any atom is 0.0296 e. The van der Waals surface area contributed by atoms with Gasteiger partial charge in [0.1, 0.15) is 0 Å². The Morgan fingerprint density at radius 2 is 2.18 bits per heavy atom. The molecule has 0 spiro atoms. The zero-order chi connectivity index (χ0) is 9.11. The summed E-state index contributed by atoms with van der Waals surface area (Å²) in [7, 11) is 1.96. The standard InChI is InChI=1S/C5H9N.C4H11N/c1-4-6-5(2)3;1-3-4-5-2/h4H,2H2,1,3H3;5H,3-4H2,1-2H3. The first kappa shape index (κ1) is 13.0. The van der Waals surface area contributed by atoms with Crippen molar-refractivity contribution in [1.29, 1.82) is 0 Å². The van der Waals surface area contributed by atoms with E-state index in [2.05, 4.69) is 23.8 Å². The third-order valence-electron chi connectivity index (χ3n) is 0.849. The molecule has 0 radical (unpaired) electrons. The highest BCUT2D eigenvalue weighted by molar-refractivity contribution is 5.54. The van der Waals surface area contributed by atoms with E-state index in [0.29, 0.717) is 0 Å². The topological polar surface area (TPSA) is 24.4 Å². The molecule has 0 fully saturated rings. The van der Waals surface area contributed by atoms with Crippen LogP contribution in [0.5, 0.6) is 0 Å². The van der Waals surface area contributed by atoms with E-state index >= 15 is 0 Å². The number of rotatable bonds is 3. The molecule has 0 aliphatic rings.